The summed E-state index contributed by atoms with van der Waals surface area (Å²) in [4.78, 5) is 4.37. The van der Waals surface area contributed by atoms with Crippen molar-refractivity contribution in [3.05, 3.63) is 40.2 Å². The first-order chi connectivity index (χ1) is 7.88. The molecule has 0 saturated carbocycles. The summed E-state index contributed by atoms with van der Waals surface area (Å²) in [6.07, 6.45) is 0. The molecule has 2 rings (SSSR count). The normalized spacial score (nSPS) is 11.8. The number of rotatable bonds is 1. The van der Waals surface area contributed by atoms with Crippen LogP contribution in [-0.4, -0.2) is 4.98 Å². The number of benzene rings is 1. The molecule has 0 amide bonds. The van der Waals surface area contributed by atoms with Gasteiger partial charge in [0.05, 0.1) is 10.7 Å². The van der Waals surface area contributed by atoms with Crippen molar-refractivity contribution >= 4 is 11.3 Å². The van der Waals surface area contributed by atoms with E-state index in [4.69, 9.17) is 0 Å². The molecule has 0 aliphatic carbocycles. The lowest BCUT2D eigenvalue weighted by Crippen LogP contribution is -2.10. The minimum Gasteiger partial charge on any atom is -0.241 e. The van der Waals surface area contributed by atoms with Crippen molar-refractivity contribution in [2.45, 2.75) is 26.2 Å². The van der Waals surface area contributed by atoms with Crippen LogP contribution in [0.25, 0.3) is 11.3 Å². The summed E-state index contributed by atoms with van der Waals surface area (Å²) in [7, 11) is 0. The Balaban J connectivity index is 2.47. The van der Waals surface area contributed by atoms with Crippen molar-refractivity contribution in [2.24, 2.45) is 0 Å². The van der Waals surface area contributed by atoms with Crippen LogP contribution in [0.3, 0.4) is 0 Å². The van der Waals surface area contributed by atoms with Gasteiger partial charge in [-0.05, 0) is 18.2 Å². The van der Waals surface area contributed by atoms with Crippen LogP contribution in [0.1, 0.15) is 25.8 Å². The Hall–Kier alpha value is -1.29. The predicted molar refractivity (Wildman–Crippen MR) is 66.2 cm³/mol. The zero-order valence-corrected chi connectivity index (χ0v) is 10.7. The van der Waals surface area contributed by atoms with E-state index in [1.807, 2.05) is 20.8 Å². The van der Waals surface area contributed by atoms with Crippen molar-refractivity contribution in [3.8, 4) is 11.3 Å². The van der Waals surface area contributed by atoms with Gasteiger partial charge in [-0.25, -0.2) is 13.8 Å². The smallest absolute Gasteiger partial charge is 0.132 e. The van der Waals surface area contributed by atoms with Gasteiger partial charge in [-0.2, -0.15) is 0 Å². The van der Waals surface area contributed by atoms with Gasteiger partial charge < -0.3 is 0 Å². The highest BCUT2D eigenvalue weighted by Gasteiger charge is 2.19. The van der Waals surface area contributed by atoms with E-state index in [0.29, 0.717) is 5.69 Å². The molecule has 0 atom stereocenters. The monoisotopic (exact) mass is 253 g/mol. The summed E-state index contributed by atoms with van der Waals surface area (Å²) < 4.78 is 26.6. The van der Waals surface area contributed by atoms with E-state index in [1.54, 1.807) is 5.38 Å². The molecule has 90 valence electrons. The summed E-state index contributed by atoms with van der Waals surface area (Å²) in [5.74, 6) is -0.899. The van der Waals surface area contributed by atoms with Crippen LogP contribution < -0.4 is 0 Å². The van der Waals surface area contributed by atoms with Crippen molar-refractivity contribution in [1.82, 2.24) is 4.98 Å². The zero-order valence-electron chi connectivity index (χ0n) is 9.92. The van der Waals surface area contributed by atoms with Gasteiger partial charge in [-0.3, -0.25) is 0 Å². The van der Waals surface area contributed by atoms with Gasteiger partial charge in [0.1, 0.15) is 11.6 Å². The molecule has 0 fully saturated rings. The van der Waals surface area contributed by atoms with E-state index in [0.717, 1.165) is 17.1 Å². The Morgan fingerprint density at radius 1 is 1.18 bits per heavy atom. The highest BCUT2D eigenvalue weighted by Crippen LogP contribution is 2.31. The third kappa shape index (κ3) is 2.52. The van der Waals surface area contributed by atoms with Crippen molar-refractivity contribution in [3.63, 3.8) is 0 Å². The Labute approximate surface area is 103 Å². The zero-order chi connectivity index (χ0) is 12.6. The Morgan fingerprint density at radius 3 is 2.47 bits per heavy atom. The summed E-state index contributed by atoms with van der Waals surface area (Å²) in [5.41, 5.74) is 0.640. The molecule has 2 aromatic rings. The number of thiazole rings is 1. The SMILES string of the molecule is CC(C)(C)c1nc(-c2cc(F)ccc2F)cs1. The molecule has 4 heteroatoms. The second-order valence-corrected chi connectivity index (χ2v) is 5.77. The summed E-state index contributed by atoms with van der Waals surface area (Å²) >= 11 is 1.47. The third-order valence-corrected chi connectivity index (χ3v) is 3.62. The molecule has 0 saturated heterocycles. The average Bonchev–Trinajstić information content (AvgIpc) is 2.70. The Bertz CT molecular complexity index is 541. The quantitative estimate of drug-likeness (QED) is 0.734. The van der Waals surface area contributed by atoms with Gasteiger partial charge in [0.2, 0.25) is 0 Å². The van der Waals surface area contributed by atoms with Gasteiger partial charge in [-0.15, -0.1) is 11.3 Å². The molecule has 1 heterocycles. The van der Waals surface area contributed by atoms with Gasteiger partial charge in [0.15, 0.2) is 0 Å². The summed E-state index contributed by atoms with van der Waals surface area (Å²) in [5, 5.41) is 2.68. The Morgan fingerprint density at radius 2 is 1.88 bits per heavy atom. The highest BCUT2D eigenvalue weighted by molar-refractivity contribution is 7.10. The largest absolute Gasteiger partial charge is 0.241 e. The summed E-state index contributed by atoms with van der Waals surface area (Å²) in [6, 6.07) is 3.41. The molecule has 0 unspecified atom stereocenters. The van der Waals surface area contributed by atoms with Gasteiger partial charge in [-0.1, -0.05) is 20.8 Å². The minimum atomic E-state index is -0.452. The fourth-order valence-corrected chi connectivity index (χ4v) is 2.34. The lowest BCUT2D eigenvalue weighted by atomic mass is 9.98. The van der Waals surface area contributed by atoms with Crippen LogP contribution in [-0.2, 0) is 5.41 Å². The minimum absolute atomic E-state index is 0.0767. The molecule has 0 bridgehead atoms. The first-order valence-corrected chi connectivity index (χ1v) is 6.17. The lowest BCUT2D eigenvalue weighted by Gasteiger charge is -2.13. The van der Waals surface area contributed by atoms with Gasteiger partial charge in [0.25, 0.3) is 0 Å². The molecule has 0 spiro atoms. The third-order valence-electron chi connectivity index (χ3n) is 2.35. The maximum atomic E-state index is 13.6. The van der Waals surface area contributed by atoms with E-state index in [1.165, 1.54) is 17.4 Å². The fraction of sp³-hybridized carbons (Fsp3) is 0.308. The first-order valence-electron chi connectivity index (χ1n) is 5.29. The van der Waals surface area contributed by atoms with Crippen molar-refractivity contribution in [1.29, 1.82) is 0 Å². The molecule has 17 heavy (non-hydrogen) atoms. The van der Waals surface area contributed by atoms with Crippen LogP contribution in [0.2, 0.25) is 0 Å². The molecule has 1 nitrogen and oxygen atoms in total. The number of hydrogen-bond donors (Lipinski definition) is 0. The number of aromatic nitrogens is 1. The van der Waals surface area contributed by atoms with Crippen LogP contribution in [0.15, 0.2) is 23.6 Å². The van der Waals surface area contributed by atoms with E-state index in [9.17, 15) is 8.78 Å². The average molecular weight is 253 g/mol. The molecular weight excluding hydrogens is 240 g/mol. The van der Waals surface area contributed by atoms with E-state index in [-0.39, 0.29) is 11.0 Å². The van der Waals surface area contributed by atoms with Gasteiger partial charge >= 0.3 is 0 Å². The molecule has 0 aliphatic rings. The van der Waals surface area contributed by atoms with Crippen molar-refractivity contribution in [2.75, 3.05) is 0 Å². The Kier molecular flexibility index (Phi) is 3.00. The van der Waals surface area contributed by atoms with Crippen LogP contribution in [0.4, 0.5) is 8.78 Å². The van der Waals surface area contributed by atoms with Crippen molar-refractivity contribution < 1.29 is 8.78 Å². The number of nitrogens with zero attached hydrogens (tertiary/aromatic N) is 1. The van der Waals surface area contributed by atoms with Crippen LogP contribution >= 0.6 is 11.3 Å². The molecule has 1 aromatic heterocycles. The van der Waals surface area contributed by atoms with Crippen LogP contribution in [0.5, 0.6) is 0 Å². The molecule has 0 radical (unpaired) electrons. The standard InChI is InChI=1S/C13H13F2NS/c1-13(2,3)12-16-11(7-17-12)9-6-8(14)4-5-10(9)15/h4-7H,1-3H3. The van der Waals surface area contributed by atoms with E-state index < -0.39 is 11.6 Å². The second kappa shape index (κ2) is 4.18. The number of hydrogen-bond acceptors (Lipinski definition) is 2. The lowest BCUT2D eigenvalue weighted by molar-refractivity contribution is 0.584. The number of halogens is 2. The molecular formula is C13H13F2NS. The maximum absolute atomic E-state index is 13.6. The molecule has 0 aliphatic heterocycles. The fourth-order valence-electron chi connectivity index (χ4n) is 1.44. The first kappa shape index (κ1) is 12.2. The topological polar surface area (TPSA) is 12.9 Å². The maximum Gasteiger partial charge on any atom is 0.132 e. The van der Waals surface area contributed by atoms with Crippen LogP contribution in [0, 0.1) is 11.6 Å². The molecule has 0 N–H and O–H groups in total. The van der Waals surface area contributed by atoms with E-state index >= 15 is 0 Å². The summed E-state index contributed by atoms with van der Waals surface area (Å²) in [6.45, 7) is 6.12. The predicted octanol–water partition coefficient (Wildman–Crippen LogP) is 4.39. The molecule has 1 aromatic carbocycles. The van der Waals surface area contributed by atoms with Gasteiger partial charge in [0, 0.05) is 16.4 Å². The second-order valence-electron chi connectivity index (χ2n) is 4.91. The highest BCUT2D eigenvalue weighted by atomic mass is 32.1. The van der Waals surface area contributed by atoms with E-state index in [2.05, 4.69) is 4.98 Å².